The number of benzene rings is 2. The Balaban J connectivity index is 1.44. The van der Waals surface area contributed by atoms with Crippen molar-refractivity contribution in [3.63, 3.8) is 0 Å². The van der Waals surface area contributed by atoms with Gasteiger partial charge in [-0.15, -0.1) is 11.8 Å². The van der Waals surface area contributed by atoms with Gasteiger partial charge in [0, 0.05) is 42.6 Å². The summed E-state index contributed by atoms with van der Waals surface area (Å²) in [5.74, 6) is 1.39. The Kier molecular flexibility index (Phi) is 6.98. The van der Waals surface area contributed by atoms with Gasteiger partial charge >= 0.3 is 0 Å². The molecule has 3 nitrogen and oxygen atoms in total. The fourth-order valence-electron chi connectivity index (χ4n) is 2.86. The van der Waals surface area contributed by atoms with Crippen LogP contribution in [0.25, 0.3) is 0 Å². The Bertz CT molecular complexity index is 779. The fraction of sp³-hybridized carbons (Fsp3) is 0.316. The van der Waals surface area contributed by atoms with E-state index in [-0.39, 0.29) is 5.91 Å². The molecule has 1 aliphatic heterocycles. The lowest BCUT2D eigenvalue weighted by atomic mass is 10.2. The number of amides is 1. The lowest BCUT2D eigenvalue weighted by Crippen LogP contribution is -2.49. The topological polar surface area (TPSA) is 23.6 Å². The van der Waals surface area contributed by atoms with E-state index in [9.17, 15) is 4.79 Å². The Morgan fingerprint density at radius 3 is 2.42 bits per heavy atom. The molecule has 2 aromatic carbocycles. The van der Waals surface area contributed by atoms with Crippen molar-refractivity contribution in [3.8, 4) is 0 Å². The molecule has 0 spiro atoms. The number of rotatable bonds is 5. The van der Waals surface area contributed by atoms with E-state index < -0.39 is 0 Å². The van der Waals surface area contributed by atoms with Crippen molar-refractivity contribution in [1.29, 1.82) is 0 Å². The van der Waals surface area contributed by atoms with Gasteiger partial charge < -0.3 is 9.80 Å². The van der Waals surface area contributed by atoms with Gasteiger partial charge in [-0.05, 0) is 35.9 Å². The lowest BCUT2D eigenvalue weighted by Gasteiger charge is -2.36. The predicted octanol–water partition coefficient (Wildman–Crippen LogP) is 5.23. The van der Waals surface area contributed by atoms with E-state index in [1.54, 1.807) is 17.8 Å². The number of piperazine rings is 1. The normalized spacial score (nSPS) is 14.6. The summed E-state index contributed by atoms with van der Waals surface area (Å²) >= 11 is 19.6. The first-order valence-corrected chi connectivity index (χ1v) is 10.6. The fourth-order valence-corrected chi connectivity index (χ4v) is 4.24. The van der Waals surface area contributed by atoms with E-state index in [1.807, 2.05) is 35.2 Å². The van der Waals surface area contributed by atoms with E-state index >= 15 is 0 Å². The molecule has 3 rings (SSSR count). The highest BCUT2D eigenvalue weighted by Gasteiger charge is 2.21. The van der Waals surface area contributed by atoms with Crippen molar-refractivity contribution in [1.82, 2.24) is 4.90 Å². The molecule has 1 saturated heterocycles. The zero-order valence-electron chi connectivity index (χ0n) is 14.1. The molecule has 0 aliphatic carbocycles. The van der Waals surface area contributed by atoms with E-state index in [0.29, 0.717) is 15.8 Å². The smallest absolute Gasteiger partial charge is 0.232 e. The van der Waals surface area contributed by atoms with Crippen molar-refractivity contribution in [2.45, 2.75) is 5.75 Å². The number of halogens is 3. The number of hydrogen-bond donors (Lipinski definition) is 0. The van der Waals surface area contributed by atoms with Crippen molar-refractivity contribution in [2.75, 3.05) is 36.8 Å². The Morgan fingerprint density at radius 2 is 1.73 bits per heavy atom. The van der Waals surface area contributed by atoms with Crippen LogP contribution in [0.4, 0.5) is 5.69 Å². The average molecular weight is 430 g/mol. The molecule has 1 heterocycles. The van der Waals surface area contributed by atoms with E-state index in [2.05, 4.69) is 11.0 Å². The van der Waals surface area contributed by atoms with Crippen LogP contribution in [0.15, 0.2) is 42.5 Å². The van der Waals surface area contributed by atoms with Crippen LogP contribution in [0.3, 0.4) is 0 Å². The van der Waals surface area contributed by atoms with Gasteiger partial charge in [0.05, 0.1) is 15.8 Å². The first-order chi connectivity index (χ1) is 12.5. The summed E-state index contributed by atoms with van der Waals surface area (Å²) in [6.07, 6.45) is 0. The minimum atomic E-state index is 0.181. The van der Waals surface area contributed by atoms with Crippen molar-refractivity contribution < 1.29 is 4.79 Å². The van der Waals surface area contributed by atoms with Gasteiger partial charge in [0.15, 0.2) is 0 Å². The Labute approximate surface area is 173 Å². The summed E-state index contributed by atoms with van der Waals surface area (Å²) in [6.45, 7) is 3.12. The first-order valence-electron chi connectivity index (χ1n) is 8.33. The summed E-state index contributed by atoms with van der Waals surface area (Å²) in [5, 5.41) is 1.84. The van der Waals surface area contributed by atoms with Gasteiger partial charge in [0.25, 0.3) is 0 Å². The van der Waals surface area contributed by atoms with Gasteiger partial charge in [-0.3, -0.25) is 4.79 Å². The quantitative estimate of drug-likeness (QED) is 0.650. The number of nitrogens with zero attached hydrogens (tertiary/aromatic N) is 2. The Morgan fingerprint density at radius 1 is 0.962 bits per heavy atom. The molecule has 26 heavy (non-hydrogen) atoms. The molecule has 0 bridgehead atoms. The summed E-state index contributed by atoms with van der Waals surface area (Å²) in [4.78, 5) is 16.6. The largest absolute Gasteiger partial charge is 0.368 e. The summed E-state index contributed by atoms with van der Waals surface area (Å²) in [5.41, 5.74) is 2.18. The molecule has 138 valence electrons. The van der Waals surface area contributed by atoms with Gasteiger partial charge in [0.1, 0.15) is 0 Å². The summed E-state index contributed by atoms with van der Waals surface area (Å²) in [6, 6.07) is 13.4. The minimum absolute atomic E-state index is 0.181. The van der Waals surface area contributed by atoms with E-state index in [4.69, 9.17) is 34.8 Å². The van der Waals surface area contributed by atoms with Crippen LogP contribution < -0.4 is 4.90 Å². The van der Waals surface area contributed by atoms with Crippen molar-refractivity contribution in [3.05, 3.63) is 63.1 Å². The van der Waals surface area contributed by atoms with Crippen LogP contribution in [0, 0.1) is 0 Å². The summed E-state index contributed by atoms with van der Waals surface area (Å²) in [7, 11) is 0. The third-order valence-corrected chi connectivity index (χ3v) is 6.25. The standard InChI is InChI=1S/C19H19Cl3N2OS/c20-15-2-1-3-16(11-15)23-6-8-24(9-7-23)19(25)13-26-12-14-4-5-17(21)18(22)10-14/h1-5,10-11H,6-9,12-13H2. The molecule has 0 unspecified atom stereocenters. The van der Waals surface area contributed by atoms with Crippen LogP contribution >= 0.6 is 46.6 Å². The molecule has 7 heteroatoms. The number of anilines is 1. The molecule has 1 amide bonds. The second kappa shape index (κ2) is 9.23. The molecule has 1 fully saturated rings. The molecule has 0 aromatic heterocycles. The second-order valence-electron chi connectivity index (χ2n) is 6.09. The highest BCUT2D eigenvalue weighted by atomic mass is 35.5. The van der Waals surface area contributed by atoms with Crippen LogP contribution in [0.5, 0.6) is 0 Å². The maximum Gasteiger partial charge on any atom is 0.232 e. The van der Waals surface area contributed by atoms with Gasteiger partial charge in [-0.1, -0.05) is 46.9 Å². The highest BCUT2D eigenvalue weighted by Crippen LogP contribution is 2.25. The van der Waals surface area contributed by atoms with Crippen LogP contribution in [-0.4, -0.2) is 42.7 Å². The number of thioether (sulfide) groups is 1. The van der Waals surface area contributed by atoms with Gasteiger partial charge in [0.2, 0.25) is 5.91 Å². The molecule has 0 atom stereocenters. The van der Waals surface area contributed by atoms with Crippen molar-refractivity contribution in [2.24, 2.45) is 0 Å². The lowest BCUT2D eigenvalue weighted by molar-refractivity contribution is -0.128. The first kappa shape index (κ1) is 19.7. The number of carbonyl (C=O) groups is 1. The predicted molar refractivity (Wildman–Crippen MR) is 113 cm³/mol. The Hall–Kier alpha value is -1.07. The molecule has 0 saturated carbocycles. The SMILES string of the molecule is O=C(CSCc1ccc(Cl)c(Cl)c1)N1CCN(c2cccc(Cl)c2)CC1. The molecular weight excluding hydrogens is 411 g/mol. The minimum Gasteiger partial charge on any atom is -0.368 e. The van der Waals surface area contributed by atoms with Gasteiger partial charge in [-0.2, -0.15) is 0 Å². The molecule has 0 radical (unpaired) electrons. The third-order valence-electron chi connectivity index (χ3n) is 4.28. The van der Waals surface area contributed by atoms with E-state index in [1.165, 1.54) is 0 Å². The van der Waals surface area contributed by atoms with E-state index in [0.717, 1.165) is 48.2 Å². The third kappa shape index (κ3) is 5.23. The maximum atomic E-state index is 12.4. The van der Waals surface area contributed by atoms with Crippen LogP contribution in [-0.2, 0) is 10.5 Å². The van der Waals surface area contributed by atoms with Crippen LogP contribution in [0.1, 0.15) is 5.56 Å². The zero-order valence-corrected chi connectivity index (χ0v) is 17.2. The molecule has 0 N–H and O–H groups in total. The molecular formula is C19H19Cl3N2OS. The molecule has 2 aromatic rings. The van der Waals surface area contributed by atoms with Gasteiger partial charge in [-0.25, -0.2) is 0 Å². The summed E-state index contributed by atoms with van der Waals surface area (Å²) < 4.78 is 0. The second-order valence-corrected chi connectivity index (χ2v) is 8.33. The average Bonchev–Trinajstić information content (AvgIpc) is 2.65. The van der Waals surface area contributed by atoms with Crippen LogP contribution in [0.2, 0.25) is 15.1 Å². The zero-order chi connectivity index (χ0) is 18.5. The number of carbonyl (C=O) groups excluding carboxylic acids is 1. The van der Waals surface area contributed by atoms with Crippen molar-refractivity contribution >= 4 is 58.2 Å². The highest BCUT2D eigenvalue weighted by molar-refractivity contribution is 7.99. The number of hydrogen-bond acceptors (Lipinski definition) is 3. The maximum absolute atomic E-state index is 12.4. The molecule has 1 aliphatic rings. The monoisotopic (exact) mass is 428 g/mol.